The molecule has 0 amide bonds. The highest BCUT2D eigenvalue weighted by Crippen LogP contribution is 2.29. The highest BCUT2D eigenvalue weighted by molar-refractivity contribution is 5.39. The summed E-state index contributed by atoms with van der Waals surface area (Å²) in [6.45, 7) is 6.49. The monoisotopic (exact) mass is 264 g/mol. The summed E-state index contributed by atoms with van der Waals surface area (Å²) in [6.07, 6.45) is 6.63. The first-order chi connectivity index (χ1) is 9.33. The van der Waals surface area contributed by atoms with Crippen LogP contribution in [0.2, 0.25) is 0 Å². The molecule has 0 atom stereocenters. The van der Waals surface area contributed by atoms with Crippen molar-refractivity contribution in [3.63, 3.8) is 0 Å². The lowest BCUT2D eigenvalue weighted by molar-refractivity contribution is 0.170. The highest BCUT2D eigenvalue weighted by atomic mass is 16.6. The second-order valence-electron chi connectivity index (χ2n) is 4.97. The molecule has 1 aliphatic rings. The van der Waals surface area contributed by atoms with E-state index in [1.54, 1.807) is 6.20 Å². The van der Waals surface area contributed by atoms with E-state index in [0.717, 1.165) is 23.7 Å². The third-order valence-corrected chi connectivity index (χ3v) is 3.33. The first kappa shape index (κ1) is 14.1. The maximum absolute atomic E-state index is 5.57. The van der Waals surface area contributed by atoms with Gasteiger partial charge >= 0.3 is 0 Å². The zero-order valence-corrected chi connectivity index (χ0v) is 11.9. The van der Waals surface area contributed by atoms with Crippen molar-refractivity contribution in [2.45, 2.75) is 52.1 Å². The van der Waals surface area contributed by atoms with Crippen LogP contribution in [0.15, 0.2) is 12.3 Å². The first-order valence-corrected chi connectivity index (χ1v) is 7.31. The summed E-state index contributed by atoms with van der Waals surface area (Å²) in [4.78, 5) is 4.42. The van der Waals surface area contributed by atoms with Gasteiger partial charge in [-0.3, -0.25) is 4.98 Å². The van der Waals surface area contributed by atoms with Crippen LogP contribution in [-0.4, -0.2) is 24.2 Å². The minimum atomic E-state index is 0.588. The molecule has 0 aliphatic carbocycles. The number of nitrogens with one attached hydrogen (secondary N) is 1. The molecule has 1 aromatic rings. The standard InChI is InChI=1S/C15H24N2O2/c1-3-5-12(6-4-2)16-10-13-9-14-15(11-17-13)19-8-7-18-14/h9,11-12,16H,3-8,10H2,1-2H3. The van der Waals surface area contributed by atoms with Crippen LogP contribution in [0.4, 0.5) is 0 Å². The van der Waals surface area contributed by atoms with Gasteiger partial charge in [-0.2, -0.15) is 0 Å². The number of aromatic nitrogens is 1. The van der Waals surface area contributed by atoms with E-state index in [1.165, 1.54) is 25.7 Å². The van der Waals surface area contributed by atoms with Gasteiger partial charge in [-0.15, -0.1) is 0 Å². The summed E-state index contributed by atoms with van der Waals surface area (Å²) >= 11 is 0. The number of hydrogen-bond donors (Lipinski definition) is 1. The van der Waals surface area contributed by atoms with E-state index in [-0.39, 0.29) is 0 Å². The summed E-state index contributed by atoms with van der Waals surface area (Å²) < 4.78 is 11.0. The van der Waals surface area contributed by atoms with Gasteiger partial charge in [-0.25, -0.2) is 0 Å². The molecular weight excluding hydrogens is 240 g/mol. The molecule has 19 heavy (non-hydrogen) atoms. The van der Waals surface area contributed by atoms with Crippen LogP contribution in [0, 0.1) is 0 Å². The van der Waals surface area contributed by atoms with Gasteiger partial charge in [0.15, 0.2) is 11.5 Å². The van der Waals surface area contributed by atoms with Crippen molar-refractivity contribution in [3.8, 4) is 11.5 Å². The van der Waals surface area contributed by atoms with Gasteiger partial charge in [0.25, 0.3) is 0 Å². The zero-order chi connectivity index (χ0) is 13.5. The fourth-order valence-corrected chi connectivity index (χ4v) is 2.38. The number of hydrogen-bond acceptors (Lipinski definition) is 4. The Morgan fingerprint density at radius 1 is 1.16 bits per heavy atom. The Kier molecular flexibility index (Phi) is 5.45. The second-order valence-corrected chi connectivity index (χ2v) is 4.97. The molecule has 0 radical (unpaired) electrons. The van der Waals surface area contributed by atoms with Gasteiger partial charge in [0.2, 0.25) is 0 Å². The highest BCUT2D eigenvalue weighted by Gasteiger charge is 2.13. The van der Waals surface area contributed by atoms with Gasteiger partial charge < -0.3 is 14.8 Å². The van der Waals surface area contributed by atoms with Crippen molar-refractivity contribution >= 4 is 0 Å². The fraction of sp³-hybridized carbons (Fsp3) is 0.667. The fourth-order valence-electron chi connectivity index (χ4n) is 2.38. The Bertz CT molecular complexity index is 390. The molecule has 0 aromatic carbocycles. The normalized spacial score (nSPS) is 13.8. The smallest absolute Gasteiger partial charge is 0.179 e. The lowest BCUT2D eigenvalue weighted by Crippen LogP contribution is -2.28. The molecular formula is C15H24N2O2. The quantitative estimate of drug-likeness (QED) is 0.822. The van der Waals surface area contributed by atoms with Crippen LogP contribution in [0.1, 0.15) is 45.2 Å². The van der Waals surface area contributed by atoms with E-state index in [4.69, 9.17) is 9.47 Å². The molecule has 1 N–H and O–H groups in total. The van der Waals surface area contributed by atoms with Gasteiger partial charge in [0.1, 0.15) is 13.2 Å². The van der Waals surface area contributed by atoms with E-state index in [0.29, 0.717) is 19.3 Å². The molecule has 2 rings (SSSR count). The summed E-state index contributed by atoms with van der Waals surface area (Å²) in [5.74, 6) is 1.58. The van der Waals surface area contributed by atoms with Gasteiger partial charge in [0, 0.05) is 18.7 Å². The van der Waals surface area contributed by atoms with E-state index < -0.39 is 0 Å². The maximum Gasteiger partial charge on any atom is 0.179 e. The molecule has 1 aliphatic heterocycles. The summed E-state index contributed by atoms with van der Waals surface area (Å²) in [5, 5.41) is 3.59. The number of nitrogens with zero attached hydrogens (tertiary/aromatic N) is 1. The molecule has 0 spiro atoms. The number of ether oxygens (including phenoxy) is 2. The van der Waals surface area contributed by atoms with E-state index >= 15 is 0 Å². The maximum atomic E-state index is 5.57. The van der Waals surface area contributed by atoms with E-state index in [9.17, 15) is 0 Å². The zero-order valence-electron chi connectivity index (χ0n) is 11.9. The first-order valence-electron chi connectivity index (χ1n) is 7.31. The van der Waals surface area contributed by atoms with Crippen molar-refractivity contribution in [1.29, 1.82) is 0 Å². The predicted molar refractivity (Wildman–Crippen MR) is 75.7 cm³/mol. The third kappa shape index (κ3) is 4.10. The van der Waals surface area contributed by atoms with Gasteiger partial charge in [0.05, 0.1) is 11.9 Å². The molecule has 4 nitrogen and oxygen atoms in total. The third-order valence-electron chi connectivity index (χ3n) is 3.33. The van der Waals surface area contributed by atoms with Crippen molar-refractivity contribution in [3.05, 3.63) is 18.0 Å². The van der Waals surface area contributed by atoms with Crippen LogP contribution in [0.5, 0.6) is 11.5 Å². The number of pyridine rings is 1. The van der Waals surface area contributed by atoms with E-state index in [1.807, 2.05) is 6.07 Å². The Morgan fingerprint density at radius 2 is 1.84 bits per heavy atom. The molecule has 4 heteroatoms. The molecule has 0 bridgehead atoms. The molecule has 0 unspecified atom stereocenters. The van der Waals surface area contributed by atoms with Crippen molar-refractivity contribution in [2.24, 2.45) is 0 Å². The Labute approximate surface area is 115 Å². The minimum absolute atomic E-state index is 0.588. The van der Waals surface area contributed by atoms with Crippen molar-refractivity contribution in [1.82, 2.24) is 10.3 Å². The average Bonchev–Trinajstić information content (AvgIpc) is 2.45. The molecule has 1 aromatic heterocycles. The van der Waals surface area contributed by atoms with Crippen molar-refractivity contribution in [2.75, 3.05) is 13.2 Å². The molecule has 0 saturated heterocycles. The summed E-state index contributed by atoms with van der Waals surface area (Å²) in [5.41, 5.74) is 1.02. The molecule has 106 valence electrons. The van der Waals surface area contributed by atoms with Gasteiger partial charge in [-0.05, 0) is 12.8 Å². The largest absolute Gasteiger partial charge is 0.486 e. The molecule has 0 fully saturated rings. The molecule has 2 heterocycles. The van der Waals surface area contributed by atoms with Crippen LogP contribution < -0.4 is 14.8 Å². The minimum Gasteiger partial charge on any atom is -0.486 e. The van der Waals surface area contributed by atoms with Crippen molar-refractivity contribution < 1.29 is 9.47 Å². The lowest BCUT2D eigenvalue weighted by Gasteiger charge is -2.20. The van der Waals surface area contributed by atoms with E-state index in [2.05, 4.69) is 24.1 Å². The Morgan fingerprint density at radius 3 is 2.53 bits per heavy atom. The Balaban J connectivity index is 1.91. The SMILES string of the molecule is CCCC(CCC)NCc1cc2c(cn1)OCCO2. The van der Waals surface area contributed by atoms with Crippen LogP contribution in [-0.2, 0) is 6.54 Å². The van der Waals surface area contributed by atoms with Crippen LogP contribution >= 0.6 is 0 Å². The average molecular weight is 264 g/mol. The van der Waals surface area contributed by atoms with Gasteiger partial charge in [-0.1, -0.05) is 26.7 Å². The molecule has 0 saturated carbocycles. The summed E-state index contributed by atoms with van der Waals surface area (Å²) in [7, 11) is 0. The number of rotatable bonds is 7. The van der Waals surface area contributed by atoms with Crippen LogP contribution in [0.25, 0.3) is 0 Å². The predicted octanol–water partition coefficient (Wildman–Crippen LogP) is 2.91. The lowest BCUT2D eigenvalue weighted by atomic mass is 10.1. The summed E-state index contributed by atoms with van der Waals surface area (Å²) in [6, 6.07) is 2.57. The van der Waals surface area contributed by atoms with Crippen LogP contribution in [0.3, 0.4) is 0 Å². The Hall–Kier alpha value is -1.29. The second kappa shape index (κ2) is 7.34. The topological polar surface area (TPSA) is 43.4 Å². The number of fused-ring (bicyclic) bond motifs is 1.